The Labute approximate surface area is 161 Å². The van der Waals surface area contributed by atoms with Crippen LogP contribution in [0.5, 0.6) is 0 Å². The predicted octanol–water partition coefficient (Wildman–Crippen LogP) is 2.64. The van der Waals surface area contributed by atoms with Gasteiger partial charge in [-0.05, 0) is 19.1 Å². The van der Waals surface area contributed by atoms with Gasteiger partial charge in [0.1, 0.15) is 6.54 Å². The van der Waals surface area contributed by atoms with Gasteiger partial charge >= 0.3 is 5.97 Å². The minimum absolute atomic E-state index is 0.227. The predicted molar refractivity (Wildman–Crippen MR) is 105 cm³/mol. The number of hydrogen-bond donors (Lipinski definition) is 1. The Bertz CT molecular complexity index is 1070. The van der Waals surface area contributed by atoms with E-state index in [0.717, 1.165) is 11.1 Å². The van der Waals surface area contributed by atoms with E-state index in [-0.39, 0.29) is 17.7 Å². The third kappa shape index (κ3) is 4.32. The lowest BCUT2D eigenvalue weighted by atomic mass is 10.1. The summed E-state index contributed by atoms with van der Waals surface area (Å²) < 4.78 is 5.91. The smallest absolute Gasteiger partial charge is 0.339 e. The van der Waals surface area contributed by atoms with E-state index in [2.05, 4.69) is 10.3 Å². The number of amides is 1. The Morgan fingerprint density at radius 1 is 1.11 bits per heavy atom. The first-order valence-electron chi connectivity index (χ1n) is 8.58. The molecular weight excluding hydrogens is 358 g/mol. The van der Waals surface area contributed by atoms with E-state index in [1.807, 2.05) is 31.2 Å². The molecule has 1 aromatic heterocycles. The Morgan fingerprint density at radius 2 is 1.82 bits per heavy atom. The van der Waals surface area contributed by atoms with Crippen molar-refractivity contribution in [2.75, 3.05) is 12.4 Å². The maximum Gasteiger partial charge on any atom is 0.339 e. The second-order valence-corrected chi connectivity index (χ2v) is 6.19. The van der Waals surface area contributed by atoms with Gasteiger partial charge < -0.3 is 10.1 Å². The van der Waals surface area contributed by atoms with Gasteiger partial charge in [-0.15, -0.1) is 0 Å². The molecule has 7 nitrogen and oxygen atoms in total. The van der Waals surface area contributed by atoms with Crippen LogP contribution in [0.1, 0.15) is 15.9 Å². The van der Waals surface area contributed by atoms with Crippen LogP contribution >= 0.6 is 0 Å². The van der Waals surface area contributed by atoms with Gasteiger partial charge in [0, 0.05) is 11.6 Å². The van der Waals surface area contributed by atoms with Gasteiger partial charge in [0.25, 0.3) is 5.56 Å². The molecule has 0 spiro atoms. The number of esters is 1. The first kappa shape index (κ1) is 19.0. The van der Waals surface area contributed by atoms with Crippen molar-refractivity contribution in [3.05, 3.63) is 82.4 Å². The van der Waals surface area contributed by atoms with Gasteiger partial charge in [-0.2, -0.15) is 0 Å². The lowest BCUT2D eigenvalue weighted by molar-refractivity contribution is -0.116. The minimum Gasteiger partial charge on any atom is -0.465 e. The summed E-state index contributed by atoms with van der Waals surface area (Å²) in [5.74, 6) is -1.01. The maximum absolute atomic E-state index is 12.4. The normalized spacial score (nSPS) is 10.4. The van der Waals surface area contributed by atoms with Crippen molar-refractivity contribution in [1.29, 1.82) is 0 Å². The highest BCUT2D eigenvalue weighted by molar-refractivity contribution is 6.01. The molecule has 0 unspecified atom stereocenters. The minimum atomic E-state index is -0.558. The average molecular weight is 377 g/mol. The van der Waals surface area contributed by atoms with E-state index < -0.39 is 11.9 Å². The van der Waals surface area contributed by atoms with E-state index in [4.69, 9.17) is 4.74 Å². The zero-order valence-corrected chi connectivity index (χ0v) is 15.5. The van der Waals surface area contributed by atoms with Gasteiger partial charge in [0.2, 0.25) is 5.91 Å². The molecule has 1 heterocycles. The lowest BCUT2D eigenvalue weighted by Gasteiger charge is -2.11. The third-order valence-corrected chi connectivity index (χ3v) is 4.15. The number of nitrogens with zero attached hydrogens (tertiary/aromatic N) is 2. The van der Waals surface area contributed by atoms with Crippen molar-refractivity contribution < 1.29 is 14.3 Å². The summed E-state index contributed by atoms with van der Waals surface area (Å²) in [4.78, 5) is 40.7. The van der Waals surface area contributed by atoms with Crippen molar-refractivity contribution in [3.63, 3.8) is 0 Å². The van der Waals surface area contributed by atoms with Crippen LogP contribution in [0, 0.1) is 6.92 Å². The molecule has 0 saturated heterocycles. The first-order valence-corrected chi connectivity index (χ1v) is 8.58. The number of hydrogen-bond acceptors (Lipinski definition) is 5. The quantitative estimate of drug-likeness (QED) is 0.691. The van der Waals surface area contributed by atoms with E-state index in [1.165, 1.54) is 24.1 Å². The van der Waals surface area contributed by atoms with Crippen LogP contribution < -0.4 is 10.9 Å². The van der Waals surface area contributed by atoms with Crippen molar-refractivity contribution in [3.8, 4) is 11.3 Å². The van der Waals surface area contributed by atoms with Crippen molar-refractivity contribution in [1.82, 2.24) is 9.55 Å². The summed E-state index contributed by atoms with van der Waals surface area (Å²) in [5, 5.41) is 2.63. The second kappa shape index (κ2) is 8.30. The molecule has 3 aromatic rings. The molecule has 0 bridgehead atoms. The topological polar surface area (TPSA) is 90.3 Å². The van der Waals surface area contributed by atoms with Gasteiger partial charge in [-0.1, -0.05) is 42.0 Å². The van der Waals surface area contributed by atoms with Gasteiger partial charge in [0.05, 0.1) is 30.4 Å². The zero-order valence-electron chi connectivity index (χ0n) is 15.5. The fourth-order valence-corrected chi connectivity index (χ4v) is 2.65. The molecule has 7 heteroatoms. The zero-order chi connectivity index (χ0) is 20.1. The highest BCUT2D eigenvalue weighted by Gasteiger charge is 2.14. The molecular formula is C21H19N3O4. The number of rotatable bonds is 5. The molecule has 0 saturated carbocycles. The van der Waals surface area contributed by atoms with Crippen LogP contribution in [0.4, 0.5) is 5.69 Å². The fraction of sp³-hybridized carbons (Fsp3) is 0.143. The number of para-hydroxylation sites is 1. The molecule has 2 aromatic carbocycles. The molecule has 1 N–H and O–H groups in total. The summed E-state index contributed by atoms with van der Waals surface area (Å²) in [5.41, 5.74) is 2.68. The van der Waals surface area contributed by atoms with Crippen molar-refractivity contribution >= 4 is 17.6 Å². The van der Waals surface area contributed by atoms with Crippen LogP contribution in [0.25, 0.3) is 11.3 Å². The Hall–Kier alpha value is -3.74. The summed E-state index contributed by atoms with van der Waals surface area (Å²) in [7, 11) is 1.27. The van der Waals surface area contributed by atoms with E-state index >= 15 is 0 Å². The SMILES string of the molecule is COC(=O)c1ccccc1NC(=O)Cn1cnc(-c2ccc(C)cc2)cc1=O. The maximum atomic E-state index is 12.4. The van der Waals surface area contributed by atoms with Gasteiger partial charge in [0.15, 0.2) is 0 Å². The molecule has 3 rings (SSSR count). The Kier molecular flexibility index (Phi) is 5.64. The number of methoxy groups -OCH3 is 1. The third-order valence-electron chi connectivity index (χ3n) is 4.15. The summed E-state index contributed by atoms with van der Waals surface area (Å²) in [6.07, 6.45) is 1.34. The molecule has 0 atom stereocenters. The van der Waals surface area contributed by atoms with Crippen LogP contribution in [0.15, 0.2) is 65.7 Å². The molecule has 142 valence electrons. The average Bonchev–Trinajstić information content (AvgIpc) is 2.70. The molecule has 28 heavy (non-hydrogen) atoms. The number of anilines is 1. The van der Waals surface area contributed by atoms with E-state index in [1.54, 1.807) is 24.3 Å². The van der Waals surface area contributed by atoms with E-state index in [0.29, 0.717) is 11.4 Å². The highest BCUT2D eigenvalue weighted by Crippen LogP contribution is 2.17. The number of carbonyl (C=O) groups is 2. The molecule has 1 amide bonds. The highest BCUT2D eigenvalue weighted by atomic mass is 16.5. The number of nitrogens with one attached hydrogen (secondary N) is 1. The summed E-state index contributed by atoms with van der Waals surface area (Å²) in [6, 6.07) is 15.5. The number of benzene rings is 2. The number of aryl methyl sites for hydroxylation is 1. The molecule has 0 radical (unpaired) electrons. The second-order valence-electron chi connectivity index (χ2n) is 6.19. The fourth-order valence-electron chi connectivity index (χ4n) is 2.65. The standard InChI is InChI=1S/C21H19N3O4/c1-14-7-9-15(10-8-14)18-11-20(26)24(13-22-18)12-19(25)23-17-6-4-3-5-16(17)21(27)28-2/h3-11,13H,12H2,1-2H3,(H,23,25). The number of aromatic nitrogens is 2. The largest absolute Gasteiger partial charge is 0.465 e. The van der Waals surface area contributed by atoms with Crippen LogP contribution in [0.3, 0.4) is 0 Å². The summed E-state index contributed by atoms with van der Waals surface area (Å²) >= 11 is 0. The van der Waals surface area contributed by atoms with Crippen LogP contribution in [-0.4, -0.2) is 28.5 Å². The van der Waals surface area contributed by atoms with Gasteiger partial charge in [-0.3, -0.25) is 14.2 Å². The number of ether oxygens (including phenoxy) is 1. The van der Waals surface area contributed by atoms with Crippen molar-refractivity contribution in [2.45, 2.75) is 13.5 Å². The molecule has 0 aliphatic heterocycles. The Balaban J connectivity index is 1.76. The monoisotopic (exact) mass is 377 g/mol. The lowest BCUT2D eigenvalue weighted by Crippen LogP contribution is -2.28. The summed E-state index contributed by atoms with van der Waals surface area (Å²) in [6.45, 7) is 1.75. The van der Waals surface area contributed by atoms with Crippen molar-refractivity contribution in [2.24, 2.45) is 0 Å². The molecule has 0 aliphatic rings. The molecule has 0 aliphatic carbocycles. The van der Waals surface area contributed by atoms with E-state index in [9.17, 15) is 14.4 Å². The van der Waals surface area contributed by atoms with Crippen LogP contribution in [0.2, 0.25) is 0 Å². The van der Waals surface area contributed by atoms with Crippen LogP contribution in [-0.2, 0) is 16.1 Å². The number of carbonyl (C=O) groups excluding carboxylic acids is 2. The Morgan fingerprint density at radius 3 is 2.50 bits per heavy atom. The first-order chi connectivity index (χ1) is 13.5. The van der Waals surface area contributed by atoms with Gasteiger partial charge in [-0.25, -0.2) is 9.78 Å². The molecule has 0 fully saturated rings.